The quantitative estimate of drug-likeness (QED) is 0.485. The summed E-state index contributed by atoms with van der Waals surface area (Å²) in [5.41, 5.74) is 1.38. The van der Waals surface area contributed by atoms with Crippen LogP contribution in [0.1, 0.15) is 29.8 Å². The van der Waals surface area contributed by atoms with Crippen LogP contribution < -0.4 is 14.8 Å². The number of anilines is 2. The predicted molar refractivity (Wildman–Crippen MR) is 112 cm³/mol. The van der Waals surface area contributed by atoms with E-state index in [4.69, 9.17) is 14.6 Å². The summed E-state index contributed by atoms with van der Waals surface area (Å²) in [6, 6.07) is 8.64. The Bertz CT molecular complexity index is 1040. The first kappa shape index (κ1) is 23.0. The Hall–Kier alpha value is -3.27. The Morgan fingerprint density at radius 1 is 1.07 bits per heavy atom. The molecule has 0 heterocycles. The van der Waals surface area contributed by atoms with E-state index in [2.05, 4.69) is 10.0 Å². The van der Waals surface area contributed by atoms with E-state index in [0.717, 1.165) is 0 Å². The maximum Gasteiger partial charge on any atom is 0.341 e. The lowest BCUT2D eigenvalue weighted by atomic mass is 10.1. The molecule has 2 aromatic carbocycles. The number of carbonyl (C=O) groups is 2. The van der Waals surface area contributed by atoms with Crippen molar-refractivity contribution in [2.24, 2.45) is 0 Å². The molecule has 0 aliphatic heterocycles. The number of hydrogen-bond donors (Lipinski definition) is 3. The molecule has 162 valence electrons. The van der Waals surface area contributed by atoms with Crippen LogP contribution in [-0.2, 0) is 19.6 Å². The van der Waals surface area contributed by atoms with Crippen molar-refractivity contribution < 1.29 is 32.6 Å². The summed E-state index contributed by atoms with van der Waals surface area (Å²) in [5.74, 6) is -1.42. The van der Waals surface area contributed by atoms with Crippen LogP contribution in [0.3, 0.4) is 0 Å². The summed E-state index contributed by atoms with van der Waals surface area (Å²) in [6.07, 6.45) is 0. The highest BCUT2D eigenvalue weighted by atomic mass is 32.2. The predicted octanol–water partition coefficient (Wildman–Crippen LogP) is 2.87. The number of benzene rings is 2. The van der Waals surface area contributed by atoms with Crippen molar-refractivity contribution in [3.8, 4) is 5.75 Å². The van der Waals surface area contributed by atoms with E-state index < -0.39 is 28.6 Å². The summed E-state index contributed by atoms with van der Waals surface area (Å²) >= 11 is 0. The number of rotatable bonds is 10. The lowest BCUT2D eigenvalue weighted by molar-refractivity contribution is -0.139. The lowest BCUT2D eigenvalue weighted by Gasteiger charge is -2.15. The average molecular weight is 436 g/mol. The smallest absolute Gasteiger partial charge is 0.341 e. The van der Waals surface area contributed by atoms with E-state index in [0.29, 0.717) is 17.8 Å². The maximum absolute atomic E-state index is 12.9. The summed E-state index contributed by atoms with van der Waals surface area (Å²) < 4.78 is 38.4. The first-order chi connectivity index (χ1) is 14.2. The minimum atomic E-state index is -3.99. The van der Waals surface area contributed by atoms with Gasteiger partial charge in [-0.25, -0.2) is 18.0 Å². The SMILES string of the molecule is CCNc1ccc(C(=O)OCC)cc1NS(=O)(=O)c1ccc(OCC(=O)O)c(C)c1. The molecule has 2 rings (SSSR count). The largest absolute Gasteiger partial charge is 0.482 e. The molecular weight excluding hydrogens is 412 g/mol. The van der Waals surface area contributed by atoms with Crippen LogP contribution in [0.2, 0.25) is 0 Å². The van der Waals surface area contributed by atoms with Gasteiger partial charge >= 0.3 is 11.9 Å². The fourth-order valence-electron chi connectivity index (χ4n) is 2.61. The fraction of sp³-hybridized carbons (Fsp3) is 0.300. The number of carbonyl (C=O) groups excluding carboxylic acids is 1. The van der Waals surface area contributed by atoms with Crippen LogP contribution in [0.5, 0.6) is 5.75 Å². The van der Waals surface area contributed by atoms with Crippen LogP contribution in [0, 0.1) is 6.92 Å². The summed E-state index contributed by atoms with van der Waals surface area (Å²) in [6.45, 7) is 5.36. The van der Waals surface area contributed by atoms with Crippen LogP contribution in [0.25, 0.3) is 0 Å². The van der Waals surface area contributed by atoms with E-state index in [1.165, 1.54) is 24.3 Å². The molecule has 3 N–H and O–H groups in total. The van der Waals surface area contributed by atoms with Gasteiger partial charge in [-0.3, -0.25) is 4.72 Å². The Kier molecular flexibility index (Phi) is 7.65. The highest BCUT2D eigenvalue weighted by molar-refractivity contribution is 7.92. The fourth-order valence-corrected chi connectivity index (χ4v) is 3.76. The number of hydrogen-bond acceptors (Lipinski definition) is 7. The highest BCUT2D eigenvalue weighted by Gasteiger charge is 2.19. The van der Waals surface area contributed by atoms with Crippen molar-refractivity contribution >= 4 is 33.3 Å². The summed E-state index contributed by atoms with van der Waals surface area (Å²) in [7, 11) is -3.99. The molecule has 0 unspecified atom stereocenters. The van der Waals surface area contributed by atoms with Gasteiger partial charge in [0.1, 0.15) is 5.75 Å². The number of aryl methyl sites for hydroxylation is 1. The molecule has 0 aliphatic carbocycles. The number of nitrogens with one attached hydrogen (secondary N) is 2. The molecule has 0 saturated carbocycles. The minimum Gasteiger partial charge on any atom is -0.482 e. The molecule has 0 radical (unpaired) electrons. The molecule has 10 heteroatoms. The molecule has 0 atom stereocenters. The number of aliphatic carboxylic acids is 1. The molecule has 2 aromatic rings. The molecule has 0 saturated heterocycles. The van der Waals surface area contributed by atoms with E-state index in [-0.39, 0.29) is 28.5 Å². The molecule has 0 bridgehead atoms. The van der Waals surface area contributed by atoms with Crippen molar-refractivity contribution in [3.05, 3.63) is 47.5 Å². The molecule has 30 heavy (non-hydrogen) atoms. The first-order valence-corrected chi connectivity index (χ1v) is 10.7. The normalized spacial score (nSPS) is 10.9. The average Bonchev–Trinajstić information content (AvgIpc) is 2.68. The Morgan fingerprint density at radius 2 is 1.80 bits per heavy atom. The minimum absolute atomic E-state index is 0.0355. The molecule has 0 aliphatic rings. The summed E-state index contributed by atoms with van der Waals surface area (Å²) in [4.78, 5) is 22.6. The van der Waals surface area contributed by atoms with Crippen molar-refractivity contribution in [1.82, 2.24) is 0 Å². The van der Waals surface area contributed by atoms with Crippen molar-refractivity contribution in [2.75, 3.05) is 29.8 Å². The van der Waals surface area contributed by atoms with Gasteiger partial charge in [0, 0.05) is 6.54 Å². The third-order valence-electron chi connectivity index (χ3n) is 3.95. The van der Waals surface area contributed by atoms with Crippen molar-refractivity contribution in [2.45, 2.75) is 25.7 Å². The van der Waals surface area contributed by atoms with Crippen LogP contribution >= 0.6 is 0 Å². The van der Waals surface area contributed by atoms with Gasteiger partial charge in [0.15, 0.2) is 6.61 Å². The van der Waals surface area contributed by atoms with Gasteiger partial charge in [-0.2, -0.15) is 0 Å². The second kappa shape index (κ2) is 9.97. The van der Waals surface area contributed by atoms with Gasteiger partial charge in [-0.1, -0.05) is 0 Å². The zero-order valence-corrected chi connectivity index (χ0v) is 17.7. The number of carboxylic acids is 1. The third kappa shape index (κ3) is 5.86. The lowest BCUT2D eigenvalue weighted by Crippen LogP contribution is -2.16. The van der Waals surface area contributed by atoms with Gasteiger partial charge in [-0.05, 0) is 62.7 Å². The van der Waals surface area contributed by atoms with Crippen molar-refractivity contribution in [1.29, 1.82) is 0 Å². The van der Waals surface area contributed by atoms with Crippen LogP contribution in [-0.4, -0.2) is 45.2 Å². The number of carboxylic acid groups (broad SMARTS) is 1. The Labute approximate surface area is 175 Å². The van der Waals surface area contributed by atoms with Gasteiger partial charge in [0.2, 0.25) is 0 Å². The molecule has 0 aromatic heterocycles. The van der Waals surface area contributed by atoms with Gasteiger partial charge in [0.05, 0.1) is 28.4 Å². The molecule has 0 fully saturated rings. The van der Waals surface area contributed by atoms with Gasteiger partial charge in [0.25, 0.3) is 10.0 Å². The Balaban J connectivity index is 2.35. The topological polar surface area (TPSA) is 131 Å². The van der Waals surface area contributed by atoms with Crippen molar-refractivity contribution in [3.63, 3.8) is 0 Å². The summed E-state index contributed by atoms with van der Waals surface area (Å²) in [5, 5.41) is 11.8. The standard InChI is InChI=1S/C20H24N2O7S/c1-4-21-16-8-6-14(20(25)28-5-2)11-17(16)22-30(26,27)15-7-9-18(13(3)10-15)29-12-19(23)24/h6-11,21-22H,4-5,12H2,1-3H3,(H,23,24). The van der Waals surface area contributed by atoms with E-state index in [9.17, 15) is 18.0 Å². The van der Waals surface area contributed by atoms with Gasteiger partial charge < -0.3 is 19.9 Å². The van der Waals surface area contributed by atoms with Crippen LogP contribution in [0.15, 0.2) is 41.3 Å². The highest BCUT2D eigenvalue weighted by Crippen LogP contribution is 2.28. The third-order valence-corrected chi connectivity index (χ3v) is 5.31. The molecule has 0 spiro atoms. The number of esters is 1. The van der Waals surface area contributed by atoms with E-state index in [1.807, 2.05) is 6.92 Å². The Morgan fingerprint density at radius 3 is 2.40 bits per heavy atom. The second-order valence-corrected chi connectivity index (χ2v) is 7.91. The number of ether oxygens (including phenoxy) is 2. The van der Waals surface area contributed by atoms with Gasteiger partial charge in [-0.15, -0.1) is 0 Å². The van der Waals surface area contributed by atoms with E-state index in [1.54, 1.807) is 26.0 Å². The number of sulfonamides is 1. The zero-order chi connectivity index (χ0) is 22.3. The monoisotopic (exact) mass is 436 g/mol. The second-order valence-electron chi connectivity index (χ2n) is 6.23. The molecular formula is C20H24N2O7S. The van der Waals surface area contributed by atoms with Crippen LogP contribution in [0.4, 0.5) is 11.4 Å². The molecule has 9 nitrogen and oxygen atoms in total. The zero-order valence-electron chi connectivity index (χ0n) is 16.9. The van der Waals surface area contributed by atoms with E-state index >= 15 is 0 Å². The maximum atomic E-state index is 12.9. The first-order valence-electron chi connectivity index (χ1n) is 9.21. The molecule has 0 amide bonds.